The maximum atomic E-state index is 12.3. The van der Waals surface area contributed by atoms with Gasteiger partial charge in [-0.05, 0) is 13.0 Å². The smallest absolute Gasteiger partial charge is 0.282 e. The lowest BCUT2D eigenvalue weighted by molar-refractivity contribution is -0.141. The molecule has 0 aliphatic heterocycles. The van der Waals surface area contributed by atoms with Crippen LogP contribution in [0.1, 0.15) is 25.2 Å². The minimum Gasteiger partial charge on any atom is -0.282 e. The fourth-order valence-corrected chi connectivity index (χ4v) is 1.61. The maximum Gasteiger partial charge on any atom is 0.433 e. The zero-order valence-electron chi connectivity index (χ0n) is 9.48. The number of fused-ring (bicyclic) bond motifs is 1. The Hall–Kier alpha value is -1.30. The van der Waals surface area contributed by atoms with Crippen molar-refractivity contribution in [1.29, 1.82) is 0 Å². The Balaban J connectivity index is 0.000000686. The molecule has 2 heterocycles. The molecule has 0 aliphatic rings. The molecule has 0 aliphatic carbocycles. The molecule has 0 saturated heterocycles. The number of hydrogen-bond acceptors (Lipinski definition) is 2. The highest BCUT2D eigenvalue weighted by molar-refractivity contribution is 6.34. The second kappa shape index (κ2) is 4.91. The van der Waals surface area contributed by atoms with Gasteiger partial charge in [-0.25, -0.2) is 4.98 Å². The van der Waals surface area contributed by atoms with Gasteiger partial charge in [0.15, 0.2) is 0 Å². The number of aromatic amines is 1. The average molecular weight is 266 g/mol. The summed E-state index contributed by atoms with van der Waals surface area (Å²) >= 11 is 5.64. The first-order chi connectivity index (χ1) is 7.89. The van der Waals surface area contributed by atoms with Crippen LogP contribution in [0.3, 0.4) is 0 Å². The van der Waals surface area contributed by atoms with Crippen LogP contribution in [0.15, 0.2) is 6.07 Å². The minimum absolute atomic E-state index is 0.167. The number of nitrogens with zero attached hydrogens (tertiary/aromatic N) is 2. The predicted molar refractivity (Wildman–Crippen MR) is 60.0 cm³/mol. The number of alkyl halides is 3. The van der Waals surface area contributed by atoms with Crippen LogP contribution in [0.4, 0.5) is 13.2 Å². The van der Waals surface area contributed by atoms with Gasteiger partial charge in [-0.2, -0.15) is 18.3 Å². The summed E-state index contributed by atoms with van der Waals surface area (Å²) in [5.41, 5.74) is -0.275. The van der Waals surface area contributed by atoms with Gasteiger partial charge in [0.1, 0.15) is 10.8 Å². The molecule has 0 radical (unpaired) electrons. The third-order valence-electron chi connectivity index (χ3n) is 1.96. The molecule has 0 fully saturated rings. The van der Waals surface area contributed by atoms with Crippen molar-refractivity contribution in [2.24, 2.45) is 0 Å². The fourth-order valence-electron chi connectivity index (χ4n) is 1.28. The van der Waals surface area contributed by atoms with Crippen molar-refractivity contribution in [2.45, 2.75) is 26.9 Å². The second-order valence-corrected chi connectivity index (χ2v) is 3.40. The topological polar surface area (TPSA) is 41.6 Å². The summed E-state index contributed by atoms with van der Waals surface area (Å²) in [5.74, 6) is 0. The van der Waals surface area contributed by atoms with E-state index in [2.05, 4.69) is 15.2 Å². The number of rotatable bonds is 0. The van der Waals surface area contributed by atoms with Gasteiger partial charge in [-0.3, -0.25) is 5.10 Å². The molecule has 0 amide bonds. The standard InChI is InChI=1S/C8H5ClF3N3.C2H6/c1-3-6-4(15-14-3)2-5(8(10,11)12)13-7(6)9;1-2/h2H,1H3,(H,14,15);1-2H3. The highest BCUT2D eigenvalue weighted by Gasteiger charge is 2.33. The Morgan fingerprint density at radius 3 is 2.41 bits per heavy atom. The highest BCUT2D eigenvalue weighted by Crippen LogP contribution is 2.32. The summed E-state index contributed by atoms with van der Waals surface area (Å²) in [7, 11) is 0. The number of aryl methyl sites for hydroxylation is 1. The third-order valence-corrected chi connectivity index (χ3v) is 2.24. The molecule has 94 valence electrons. The predicted octanol–water partition coefficient (Wildman–Crippen LogP) is 3.96. The molecule has 0 aromatic carbocycles. The third kappa shape index (κ3) is 2.69. The Labute approximate surface area is 101 Å². The van der Waals surface area contributed by atoms with Crippen molar-refractivity contribution in [3.63, 3.8) is 0 Å². The van der Waals surface area contributed by atoms with Gasteiger partial charge in [0.25, 0.3) is 0 Å². The van der Waals surface area contributed by atoms with Crippen LogP contribution in [0.2, 0.25) is 5.15 Å². The Bertz CT molecular complexity index is 519. The molecular formula is C10H11ClF3N3. The van der Waals surface area contributed by atoms with E-state index in [-0.39, 0.29) is 10.7 Å². The van der Waals surface area contributed by atoms with E-state index in [1.807, 2.05) is 13.8 Å². The van der Waals surface area contributed by atoms with Crippen molar-refractivity contribution in [1.82, 2.24) is 15.2 Å². The van der Waals surface area contributed by atoms with Crippen molar-refractivity contribution in [3.8, 4) is 0 Å². The molecule has 1 N–H and O–H groups in total. The van der Waals surface area contributed by atoms with Gasteiger partial charge in [0.2, 0.25) is 0 Å². The molecule has 2 aromatic heterocycles. The van der Waals surface area contributed by atoms with Gasteiger partial charge in [-0.1, -0.05) is 25.4 Å². The van der Waals surface area contributed by atoms with E-state index in [0.29, 0.717) is 11.1 Å². The first-order valence-electron chi connectivity index (χ1n) is 4.98. The van der Waals surface area contributed by atoms with E-state index < -0.39 is 11.9 Å². The van der Waals surface area contributed by atoms with Crippen molar-refractivity contribution in [3.05, 3.63) is 22.6 Å². The highest BCUT2D eigenvalue weighted by atomic mass is 35.5. The summed E-state index contributed by atoms with van der Waals surface area (Å²) < 4.78 is 37.0. The Morgan fingerprint density at radius 1 is 1.29 bits per heavy atom. The van der Waals surface area contributed by atoms with Crippen LogP contribution in [-0.2, 0) is 6.18 Å². The molecule has 0 unspecified atom stereocenters. The lowest BCUT2D eigenvalue weighted by Gasteiger charge is -2.05. The number of aromatic nitrogens is 3. The average Bonchev–Trinajstić information content (AvgIpc) is 2.62. The lowest BCUT2D eigenvalue weighted by Crippen LogP contribution is -2.07. The molecule has 17 heavy (non-hydrogen) atoms. The van der Waals surface area contributed by atoms with E-state index in [1.54, 1.807) is 6.92 Å². The molecule has 3 nitrogen and oxygen atoms in total. The van der Waals surface area contributed by atoms with Gasteiger partial charge in [-0.15, -0.1) is 0 Å². The SMILES string of the molecule is CC.Cc1[nH]nc2cc(C(F)(F)F)nc(Cl)c12. The Kier molecular flexibility index (Phi) is 3.98. The van der Waals surface area contributed by atoms with E-state index in [1.165, 1.54) is 0 Å². The van der Waals surface area contributed by atoms with E-state index >= 15 is 0 Å². The summed E-state index contributed by atoms with van der Waals surface area (Å²) in [6.45, 7) is 5.66. The molecule has 7 heteroatoms. The van der Waals surface area contributed by atoms with Gasteiger partial charge in [0.05, 0.1) is 10.9 Å². The van der Waals surface area contributed by atoms with E-state index in [4.69, 9.17) is 11.6 Å². The number of hydrogen-bond donors (Lipinski definition) is 1. The molecule has 2 rings (SSSR count). The minimum atomic E-state index is -4.51. The summed E-state index contributed by atoms with van der Waals surface area (Å²) in [5, 5.41) is 6.49. The largest absolute Gasteiger partial charge is 0.433 e. The number of pyridine rings is 1. The van der Waals surface area contributed by atoms with Crippen LogP contribution in [-0.4, -0.2) is 15.2 Å². The number of H-pyrrole nitrogens is 1. The molecule has 0 spiro atoms. The first-order valence-corrected chi connectivity index (χ1v) is 5.36. The monoisotopic (exact) mass is 265 g/mol. The fraction of sp³-hybridized carbons (Fsp3) is 0.400. The second-order valence-electron chi connectivity index (χ2n) is 3.04. The van der Waals surface area contributed by atoms with Crippen molar-refractivity contribution < 1.29 is 13.2 Å². The summed E-state index contributed by atoms with van der Waals surface area (Å²) in [6.07, 6.45) is -4.51. The zero-order chi connectivity index (χ0) is 13.2. The number of nitrogens with one attached hydrogen (secondary N) is 1. The summed E-state index contributed by atoms with van der Waals surface area (Å²) in [6, 6.07) is 0.866. The van der Waals surface area contributed by atoms with Crippen LogP contribution in [0, 0.1) is 6.92 Å². The van der Waals surface area contributed by atoms with Crippen molar-refractivity contribution >= 4 is 22.5 Å². The van der Waals surface area contributed by atoms with Crippen molar-refractivity contribution in [2.75, 3.05) is 0 Å². The molecular weight excluding hydrogens is 255 g/mol. The van der Waals surface area contributed by atoms with Crippen LogP contribution >= 0.6 is 11.6 Å². The van der Waals surface area contributed by atoms with Gasteiger partial charge >= 0.3 is 6.18 Å². The van der Waals surface area contributed by atoms with Crippen LogP contribution in [0.5, 0.6) is 0 Å². The molecule has 0 atom stereocenters. The first kappa shape index (κ1) is 13.8. The van der Waals surface area contributed by atoms with Gasteiger partial charge < -0.3 is 0 Å². The maximum absolute atomic E-state index is 12.3. The van der Waals surface area contributed by atoms with E-state index in [9.17, 15) is 13.2 Å². The summed E-state index contributed by atoms with van der Waals surface area (Å²) in [4.78, 5) is 3.29. The zero-order valence-corrected chi connectivity index (χ0v) is 10.2. The van der Waals surface area contributed by atoms with Crippen LogP contribution in [0.25, 0.3) is 10.9 Å². The lowest BCUT2D eigenvalue weighted by atomic mass is 10.2. The van der Waals surface area contributed by atoms with Gasteiger partial charge in [0, 0.05) is 5.69 Å². The van der Waals surface area contributed by atoms with E-state index in [0.717, 1.165) is 6.07 Å². The normalized spacial score (nSPS) is 11.2. The molecule has 0 saturated carbocycles. The van der Waals surface area contributed by atoms with Crippen LogP contribution < -0.4 is 0 Å². The Morgan fingerprint density at radius 2 is 1.88 bits per heavy atom. The molecule has 2 aromatic rings. The number of halogens is 4. The molecule has 0 bridgehead atoms. The quantitative estimate of drug-likeness (QED) is 0.733.